The third-order valence-electron chi connectivity index (χ3n) is 6.18. The van der Waals surface area contributed by atoms with E-state index in [0.29, 0.717) is 30.1 Å². The number of carbonyl (C=O) groups is 2. The van der Waals surface area contributed by atoms with E-state index < -0.39 is 0 Å². The number of rotatable bonds is 5. The number of anilines is 1. The standard InChI is InChI=1S/C23H29N5O2/c1-16-5-6-18(23(30)28-15-20-4-3-11-27(20)14-17(28)2)12-21(16)26-22(29)8-7-19-13-24-9-10-25-19/h5-6,9-10,12-13,17,20H,3-4,7-8,11,14-15H2,1-2H3,(H,26,29)/t17-,20-/m1/s1. The molecule has 0 radical (unpaired) electrons. The number of hydrogen-bond acceptors (Lipinski definition) is 5. The lowest BCUT2D eigenvalue weighted by Crippen LogP contribution is -2.56. The molecule has 2 atom stereocenters. The molecule has 0 aliphatic carbocycles. The zero-order chi connectivity index (χ0) is 21.1. The molecule has 2 aliphatic heterocycles. The van der Waals surface area contributed by atoms with Crippen molar-refractivity contribution in [2.24, 2.45) is 0 Å². The number of benzene rings is 1. The van der Waals surface area contributed by atoms with E-state index in [9.17, 15) is 9.59 Å². The Kier molecular flexibility index (Phi) is 6.08. The smallest absolute Gasteiger partial charge is 0.254 e. The molecule has 1 N–H and O–H groups in total. The fraction of sp³-hybridized carbons (Fsp3) is 0.478. The predicted molar refractivity (Wildman–Crippen MR) is 115 cm³/mol. The van der Waals surface area contributed by atoms with Gasteiger partial charge in [0.2, 0.25) is 5.91 Å². The van der Waals surface area contributed by atoms with Gasteiger partial charge in [-0.25, -0.2) is 0 Å². The van der Waals surface area contributed by atoms with E-state index in [2.05, 4.69) is 27.1 Å². The first-order valence-corrected chi connectivity index (χ1v) is 10.7. The van der Waals surface area contributed by atoms with E-state index in [1.165, 1.54) is 6.42 Å². The van der Waals surface area contributed by atoms with Gasteiger partial charge in [-0.15, -0.1) is 0 Å². The van der Waals surface area contributed by atoms with Crippen molar-refractivity contribution >= 4 is 17.5 Å². The monoisotopic (exact) mass is 407 g/mol. The first-order chi connectivity index (χ1) is 14.5. The maximum absolute atomic E-state index is 13.2. The van der Waals surface area contributed by atoms with Crippen LogP contribution in [0.5, 0.6) is 0 Å². The lowest BCUT2D eigenvalue weighted by Gasteiger charge is -2.42. The molecule has 158 valence electrons. The van der Waals surface area contributed by atoms with E-state index >= 15 is 0 Å². The Labute approximate surface area is 177 Å². The van der Waals surface area contributed by atoms with Crippen molar-refractivity contribution in [1.29, 1.82) is 0 Å². The molecule has 2 aromatic rings. The van der Waals surface area contributed by atoms with Gasteiger partial charge in [-0.2, -0.15) is 0 Å². The first-order valence-electron chi connectivity index (χ1n) is 10.7. The van der Waals surface area contributed by atoms with Crippen LogP contribution in [0.25, 0.3) is 0 Å². The zero-order valence-corrected chi connectivity index (χ0v) is 17.7. The van der Waals surface area contributed by atoms with Crippen LogP contribution in [0.2, 0.25) is 0 Å². The summed E-state index contributed by atoms with van der Waals surface area (Å²) in [6, 6.07) is 6.25. The van der Waals surface area contributed by atoms with Crippen molar-refractivity contribution in [2.75, 3.05) is 25.0 Å². The van der Waals surface area contributed by atoms with Crippen molar-refractivity contribution in [1.82, 2.24) is 19.8 Å². The fourth-order valence-electron chi connectivity index (χ4n) is 4.44. The third-order valence-corrected chi connectivity index (χ3v) is 6.18. The minimum Gasteiger partial charge on any atom is -0.333 e. The van der Waals surface area contributed by atoms with Gasteiger partial charge in [-0.1, -0.05) is 6.07 Å². The van der Waals surface area contributed by atoms with E-state index in [1.54, 1.807) is 18.6 Å². The van der Waals surface area contributed by atoms with Crippen LogP contribution < -0.4 is 5.32 Å². The Bertz CT molecular complexity index is 917. The molecule has 7 nitrogen and oxygen atoms in total. The molecule has 4 rings (SSSR count). The van der Waals surface area contributed by atoms with Crippen LogP contribution in [-0.4, -0.2) is 63.3 Å². The third kappa shape index (κ3) is 4.51. The molecular formula is C23H29N5O2. The number of hydrogen-bond donors (Lipinski definition) is 1. The quantitative estimate of drug-likeness (QED) is 0.824. The van der Waals surface area contributed by atoms with Crippen LogP contribution in [0.3, 0.4) is 0 Å². The summed E-state index contributed by atoms with van der Waals surface area (Å²) in [5.74, 6) is -0.0506. The second-order valence-electron chi connectivity index (χ2n) is 8.37. The summed E-state index contributed by atoms with van der Waals surface area (Å²) in [5, 5.41) is 2.96. The number of fused-ring (bicyclic) bond motifs is 1. The van der Waals surface area contributed by atoms with Gasteiger partial charge in [0.25, 0.3) is 5.91 Å². The average molecular weight is 408 g/mol. The molecule has 2 amide bonds. The number of nitrogens with zero attached hydrogens (tertiary/aromatic N) is 4. The normalized spacial score (nSPS) is 21.3. The fourth-order valence-corrected chi connectivity index (χ4v) is 4.44. The Morgan fingerprint density at radius 1 is 1.23 bits per heavy atom. The minimum absolute atomic E-state index is 0.0455. The van der Waals surface area contributed by atoms with Crippen molar-refractivity contribution in [2.45, 2.75) is 51.6 Å². The molecule has 7 heteroatoms. The summed E-state index contributed by atoms with van der Waals surface area (Å²) in [6.45, 7) is 6.93. The molecular weight excluding hydrogens is 378 g/mol. The SMILES string of the molecule is Cc1ccc(C(=O)N2C[C@H]3CCCN3C[C@H]2C)cc1NC(=O)CCc1cnccn1. The molecule has 2 fully saturated rings. The lowest BCUT2D eigenvalue weighted by atomic mass is 10.0. The van der Waals surface area contributed by atoms with Gasteiger partial charge < -0.3 is 10.2 Å². The van der Waals surface area contributed by atoms with E-state index in [0.717, 1.165) is 37.3 Å². The molecule has 3 heterocycles. The summed E-state index contributed by atoms with van der Waals surface area (Å²) in [6.07, 6.45) is 8.13. The molecule has 0 bridgehead atoms. The maximum Gasteiger partial charge on any atom is 0.254 e. The van der Waals surface area contributed by atoms with Gasteiger partial charge in [-0.3, -0.25) is 24.5 Å². The topological polar surface area (TPSA) is 78.4 Å². The van der Waals surface area contributed by atoms with Gasteiger partial charge in [0.05, 0.1) is 5.69 Å². The molecule has 2 aliphatic rings. The summed E-state index contributed by atoms with van der Waals surface area (Å²) >= 11 is 0. The highest BCUT2D eigenvalue weighted by Gasteiger charge is 2.36. The first kappa shape index (κ1) is 20.5. The molecule has 0 unspecified atom stereocenters. The van der Waals surface area contributed by atoms with Gasteiger partial charge in [0.1, 0.15) is 0 Å². The Morgan fingerprint density at radius 2 is 2.10 bits per heavy atom. The number of piperazine rings is 1. The highest BCUT2D eigenvalue weighted by molar-refractivity contribution is 5.98. The van der Waals surface area contributed by atoms with Gasteiger partial charge in [0.15, 0.2) is 0 Å². The summed E-state index contributed by atoms with van der Waals surface area (Å²) in [5.41, 5.74) is 3.04. The average Bonchev–Trinajstić information content (AvgIpc) is 3.20. The minimum atomic E-state index is -0.0960. The summed E-state index contributed by atoms with van der Waals surface area (Å²) in [7, 11) is 0. The van der Waals surface area contributed by atoms with E-state index in [-0.39, 0.29) is 17.9 Å². The Hall–Kier alpha value is -2.80. The van der Waals surface area contributed by atoms with Gasteiger partial charge >= 0.3 is 0 Å². The van der Waals surface area contributed by atoms with Crippen molar-refractivity contribution in [3.05, 3.63) is 53.6 Å². The van der Waals surface area contributed by atoms with Crippen LogP contribution in [0.15, 0.2) is 36.8 Å². The summed E-state index contributed by atoms with van der Waals surface area (Å²) in [4.78, 5) is 38.4. The highest BCUT2D eigenvalue weighted by Crippen LogP contribution is 2.27. The molecule has 1 aromatic carbocycles. The second-order valence-corrected chi connectivity index (χ2v) is 8.37. The molecule has 0 spiro atoms. The Morgan fingerprint density at radius 3 is 2.90 bits per heavy atom. The van der Waals surface area contributed by atoms with Crippen LogP contribution in [-0.2, 0) is 11.2 Å². The number of aromatic nitrogens is 2. The summed E-state index contributed by atoms with van der Waals surface area (Å²) < 4.78 is 0. The number of amides is 2. The lowest BCUT2D eigenvalue weighted by molar-refractivity contribution is -0.116. The van der Waals surface area contributed by atoms with Crippen molar-refractivity contribution < 1.29 is 9.59 Å². The molecule has 0 saturated carbocycles. The van der Waals surface area contributed by atoms with Crippen LogP contribution >= 0.6 is 0 Å². The second kappa shape index (κ2) is 8.92. The number of nitrogens with one attached hydrogen (secondary N) is 1. The predicted octanol–water partition coefficient (Wildman–Crippen LogP) is 2.67. The van der Waals surface area contributed by atoms with Crippen LogP contribution in [0.4, 0.5) is 5.69 Å². The van der Waals surface area contributed by atoms with Crippen LogP contribution in [0, 0.1) is 6.92 Å². The Balaban J connectivity index is 1.42. The van der Waals surface area contributed by atoms with Crippen molar-refractivity contribution in [3.8, 4) is 0 Å². The molecule has 30 heavy (non-hydrogen) atoms. The number of carbonyl (C=O) groups excluding carboxylic acids is 2. The largest absolute Gasteiger partial charge is 0.333 e. The molecule has 1 aromatic heterocycles. The van der Waals surface area contributed by atoms with Crippen molar-refractivity contribution in [3.63, 3.8) is 0 Å². The van der Waals surface area contributed by atoms with E-state index in [4.69, 9.17) is 0 Å². The van der Waals surface area contributed by atoms with Gasteiger partial charge in [0, 0.05) is 61.4 Å². The highest BCUT2D eigenvalue weighted by atomic mass is 16.2. The maximum atomic E-state index is 13.2. The zero-order valence-electron chi connectivity index (χ0n) is 17.7. The van der Waals surface area contributed by atoms with Crippen LogP contribution in [0.1, 0.15) is 47.8 Å². The van der Waals surface area contributed by atoms with Gasteiger partial charge in [-0.05, 0) is 57.4 Å². The molecule has 2 saturated heterocycles. The number of aryl methyl sites for hydroxylation is 2. The van der Waals surface area contributed by atoms with E-state index in [1.807, 2.05) is 30.0 Å².